The molecule has 1 atom stereocenters. The van der Waals surface area contributed by atoms with Gasteiger partial charge in [-0.2, -0.15) is 0 Å². The lowest BCUT2D eigenvalue weighted by Gasteiger charge is -2.18. The summed E-state index contributed by atoms with van der Waals surface area (Å²) in [4.78, 5) is 23.4. The fraction of sp³-hybridized carbons (Fsp3) is 0.263. The predicted octanol–water partition coefficient (Wildman–Crippen LogP) is 3.39. The second-order valence-corrected chi connectivity index (χ2v) is 6.24. The number of aryl methyl sites for hydroxylation is 1. The van der Waals surface area contributed by atoms with E-state index in [0.29, 0.717) is 11.4 Å². The number of carbonyl (C=O) groups excluding carboxylic acids is 1. The Balaban J connectivity index is 2.03. The quantitative estimate of drug-likeness (QED) is 0.808. The average Bonchev–Trinajstić information content (AvgIpc) is 2.49. The molecule has 0 saturated carbocycles. The molecule has 0 saturated heterocycles. The van der Waals surface area contributed by atoms with Crippen LogP contribution < -0.4 is 5.32 Å². The monoisotopic (exact) mass is 345 g/mol. The Bertz CT molecular complexity index is 730. The molecule has 0 bridgehead atoms. The molecule has 0 fully saturated rings. The van der Waals surface area contributed by atoms with Gasteiger partial charge < -0.3 is 10.4 Å². The van der Waals surface area contributed by atoms with Gasteiger partial charge in [0, 0.05) is 11.1 Å². The first-order valence-electron chi connectivity index (χ1n) is 7.74. The Morgan fingerprint density at radius 3 is 2.58 bits per heavy atom. The first-order valence-corrected chi connectivity index (χ1v) is 8.12. The fourth-order valence-electron chi connectivity index (χ4n) is 2.59. The standard InChI is InChI=1S/C19H20ClNO3/c1-13-5-2-3-7-15(13)11-18(22)21-17(12-19(23)24)10-14-6-4-8-16(20)9-14/h2-9,17H,10-12H2,1H3,(H,21,22)(H,23,24)/t17-/m1/s1. The van der Waals surface area contributed by atoms with Gasteiger partial charge in [0.25, 0.3) is 0 Å². The van der Waals surface area contributed by atoms with Gasteiger partial charge in [0.1, 0.15) is 0 Å². The lowest BCUT2D eigenvalue weighted by molar-refractivity contribution is -0.137. The van der Waals surface area contributed by atoms with Gasteiger partial charge in [-0.1, -0.05) is 48.0 Å². The van der Waals surface area contributed by atoms with Gasteiger partial charge in [-0.25, -0.2) is 0 Å². The van der Waals surface area contributed by atoms with Crippen molar-refractivity contribution in [3.63, 3.8) is 0 Å². The Morgan fingerprint density at radius 1 is 1.17 bits per heavy atom. The minimum absolute atomic E-state index is 0.133. The summed E-state index contributed by atoms with van der Waals surface area (Å²) >= 11 is 5.96. The highest BCUT2D eigenvalue weighted by molar-refractivity contribution is 6.30. The molecule has 0 radical (unpaired) electrons. The number of carboxylic acids is 1. The van der Waals surface area contributed by atoms with E-state index in [2.05, 4.69) is 5.32 Å². The smallest absolute Gasteiger partial charge is 0.305 e. The maximum absolute atomic E-state index is 12.3. The predicted molar refractivity (Wildman–Crippen MR) is 94.2 cm³/mol. The van der Waals surface area contributed by atoms with Crippen molar-refractivity contribution in [2.75, 3.05) is 0 Å². The van der Waals surface area contributed by atoms with E-state index in [1.807, 2.05) is 43.3 Å². The Kier molecular flexibility index (Phi) is 6.38. The highest BCUT2D eigenvalue weighted by atomic mass is 35.5. The number of carboxylic acid groups (broad SMARTS) is 1. The van der Waals surface area contributed by atoms with E-state index in [1.54, 1.807) is 12.1 Å². The third-order valence-electron chi connectivity index (χ3n) is 3.77. The van der Waals surface area contributed by atoms with Crippen LogP contribution in [0.1, 0.15) is 23.1 Å². The van der Waals surface area contributed by atoms with Gasteiger partial charge in [-0.05, 0) is 42.2 Å². The van der Waals surface area contributed by atoms with Crippen LogP contribution in [-0.4, -0.2) is 23.0 Å². The van der Waals surface area contributed by atoms with Crippen molar-refractivity contribution in [2.24, 2.45) is 0 Å². The van der Waals surface area contributed by atoms with Gasteiger partial charge >= 0.3 is 5.97 Å². The van der Waals surface area contributed by atoms with Crippen LogP contribution in [0.4, 0.5) is 0 Å². The third kappa shape index (κ3) is 5.70. The summed E-state index contributed by atoms with van der Waals surface area (Å²) in [6.45, 7) is 1.95. The molecule has 24 heavy (non-hydrogen) atoms. The Morgan fingerprint density at radius 2 is 1.92 bits per heavy atom. The number of carbonyl (C=O) groups is 2. The zero-order chi connectivity index (χ0) is 17.5. The van der Waals surface area contributed by atoms with Crippen molar-refractivity contribution in [1.82, 2.24) is 5.32 Å². The molecule has 2 N–H and O–H groups in total. The molecule has 5 heteroatoms. The van der Waals surface area contributed by atoms with Crippen molar-refractivity contribution in [2.45, 2.75) is 32.2 Å². The molecule has 126 valence electrons. The van der Waals surface area contributed by atoms with Crippen LogP contribution in [0.3, 0.4) is 0 Å². The SMILES string of the molecule is Cc1ccccc1CC(=O)N[C@@H](CC(=O)O)Cc1cccc(Cl)c1. The Labute approximate surface area is 146 Å². The van der Waals surface area contributed by atoms with E-state index < -0.39 is 12.0 Å². The van der Waals surface area contributed by atoms with Gasteiger partial charge in [0.2, 0.25) is 5.91 Å². The van der Waals surface area contributed by atoms with Crippen LogP contribution in [-0.2, 0) is 22.4 Å². The average molecular weight is 346 g/mol. The number of hydrogen-bond acceptors (Lipinski definition) is 2. The maximum atomic E-state index is 12.3. The lowest BCUT2D eigenvalue weighted by atomic mass is 10.0. The van der Waals surface area contributed by atoms with Crippen molar-refractivity contribution in [3.05, 3.63) is 70.2 Å². The first-order chi connectivity index (χ1) is 11.4. The van der Waals surface area contributed by atoms with Gasteiger partial charge in [-0.15, -0.1) is 0 Å². The van der Waals surface area contributed by atoms with Crippen molar-refractivity contribution >= 4 is 23.5 Å². The van der Waals surface area contributed by atoms with E-state index >= 15 is 0 Å². The van der Waals surface area contributed by atoms with E-state index in [0.717, 1.165) is 16.7 Å². The van der Waals surface area contributed by atoms with Gasteiger partial charge in [-0.3, -0.25) is 9.59 Å². The number of nitrogens with one attached hydrogen (secondary N) is 1. The second kappa shape index (κ2) is 8.50. The molecule has 1 amide bonds. The van der Waals surface area contributed by atoms with E-state index in [-0.39, 0.29) is 18.7 Å². The molecule has 0 aliphatic rings. The number of hydrogen-bond donors (Lipinski definition) is 2. The van der Waals surface area contributed by atoms with Gasteiger partial charge in [0.05, 0.1) is 12.8 Å². The van der Waals surface area contributed by atoms with Crippen LogP contribution in [0, 0.1) is 6.92 Å². The molecule has 0 aliphatic heterocycles. The molecule has 2 aromatic rings. The van der Waals surface area contributed by atoms with E-state index in [9.17, 15) is 9.59 Å². The summed E-state index contributed by atoms with van der Waals surface area (Å²) < 4.78 is 0. The van der Waals surface area contributed by atoms with Crippen LogP contribution >= 0.6 is 11.6 Å². The molecular weight excluding hydrogens is 326 g/mol. The summed E-state index contributed by atoms with van der Waals surface area (Å²) in [5.74, 6) is -1.13. The van der Waals surface area contributed by atoms with Crippen LogP contribution in [0.15, 0.2) is 48.5 Å². The van der Waals surface area contributed by atoms with Crippen molar-refractivity contribution < 1.29 is 14.7 Å². The number of benzene rings is 2. The molecule has 0 aliphatic carbocycles. The largest absolute Gasteiger partial charge is 0.481 e. The molecule has 2 rings (SSSR count). The number of aliphatic carboxylic acids is 1. The first kappa shape index (κ1) is 18.0. The normalized spacial score (nSPS) is 11.8. The Hall–Kier alpha value is -2.33. The van der Waals surface area contributed by atoms with E-state index in [4.69, 9.17) is 16.7 Å². The van der Waals surface area contributed by atoms with Gasteiger partial charge in [0.15, 0.2) is 0 Å². The summed E-state index contributed by atoms with van der Waals surface area (Å²) in [5.41, 5.74) is 2.87. The highest BCUT2D eigenvalue weighted by Crippen LogP contribution is 2.14. The topological polar surface area (TPSA) is 66.4 Å². The molecule has 2 aromatic carbocycles. The number of rotatable bonds is 7. The van der Waals surface area contributed by atoms with Crippen molar-refractivity contribution in [1.29, 1.82) is 0 Å². The molecule has 0 unspecified atom stereocenters. The molecule has 0 heterocycles. The minimum Gasteiger partial charge on any atom is -0.481 e. The summed E-state index contributed by atoms with van der Waals surface area (Å²) in [6, 6.07) is 14.4. The lowest BCUT2D eigenvalue weighted by Crippen LogP contribution is -2.39. The fourth-order valence-corrected chi connectivity index (χ4v) is 2.81. The molecule has 0 spiro atoms. The second-order valence-electron chi connectivity index (χ2n) is 5.80. The zero-order valence-electron chi connectivity index (χ0n) is 13.5. The third-order valence-corrected chi connectivity index (χ3v) is 4.00. The summed E-state index contributed by atoms with van der Waals surface area (Å²) in [7, 11) is 0. The minimum atomic E-state index is -0.946. The summed E-state index contributed by atoms with van der Waals surface area (Å²) in [6.07, 6.45) is 0.525. The molecular formula is C19H20ClNO3. The van der Waals surface area contributed by atoms with Crippen LogP contribution in [0.25, 0.3) is 0 Å². The van der Waals surface area contributed by atoms with E-state index in [1.165, 1.54) is 0 Å². The van der Waals surface area contributed by atoms with Crippen LogP contribution in [0.2, 0.25) is 5.02 Å². The van der Waals surface area contributed by atoms with Crippen molar-refractivity contribution in [3.8, 4) is 0 Å². The summed E-state index contributed by atoms with van der Waals surface area (Å²) in [5, 5.41) is 12.5. The maximum Gasteiger partial charge on any atom is 0.305 e. The highest BCUT2D eigenvalue weighted by Gasteiger charge is 2.17. The zero-order valence-corrected chi connectivity index (χ0v) is 14.2. The number of amides is 1. The number of halogens is 1. The molecule has 4 nitrogen and oxygen atoms in total. The van der Waals surface area contributed by atoms with Crippen LogP contribution in [0.5, 0.6) is 0 Å². The molecule has 0 aromatic heterocycles.